The van der Waals surface area contributed by atoms with E-state index in [1.807, 2.05) is 5.43 Å². The average molecular weight is 97.1 g/mol. The Bertz CT molecular complexity index is 108. The van der Waals surface area contributed by atoms with Crippen LogP contribution in [0.2, 0.25) is 0 Å². The molecule has 7 heavy (non-hydrogen) atoms. The van der Waals surface area contributed by atoms with E-state index in [9.17, 15) is 0 Å². The van der Waals surface area contributed by atoms with Crippen molar-refractivity contribution in [3.63, 3.8) is 0 Å². The zero-order chi connectivity index (χ0) is 5.54. The van der Waals surface area contributed by atoms with Gasteiger partial charge < -0.3 is 0 Å². The van der Waals surface area contributed by atoms with Gasteiger partial charge in [-0.25, -0.2) is 11.0 Å². The van der Waals surface area contributed by atoms with Gasteiger partial charge in [-0.05, 0) is 0 Å². The van der Waals surface area contributed by atoms with Gasteiger partial charge in [0.05, 0.1) is 0 Å². The topological polar surface area (TPSA) is 84.4 Å². The van der Waals surface area contributed by atoms with E-state index in [1.165, 1.54) is 6.19 Å². The monoisotopic (exact) mass is 97.0 g/mol. The Kier molecular flexibility index (Phi) is 3.62. The SMILES string of the molecule is N#CNN=CN=N. The van der Waals surface area contributed by atoms with Crippen LogP contribution >= 0.6 is 0 Å². The van der Waals surface area contributed by atoms with E-state index in [4.69, 9.17) is 10.8 Å². The maximum absolute atomic E-state index is 7.72. The molecule has 0 amide bonds. The lowest BCUT2D eigenvalue weighted by Crippen LogP contribution is -1.90. The highest BCUT2D eigenvalue weighted by Crippen LogP contribution is 1.52. The average Bonchev–Trinajstić information content (AvgIpc) is 1.69. The summed E-state index contributed by atoms with van der Waals surface area (Å²) >= 11 is 0. The Labute approximate surface area is 40.1 Å². The Morgan fingerprint density at radius 3 is 3.00 bits per heavy atom. The molecule has 5 nitrogen and oxygen atoms in total. The van der Waals surface area contributed by atoms with Crippen LogP contribution in [0, 0.1) is 17.0 Å². The maximum atomic E-state index is 7.72. The zero-order valence-electron chi connectivity index (χ0n) is 3.42. The second-order valence-corrected chi connectivity index (χ2v) is 0.597. The van der Waals surface area contributed by atoms with Crippen molar-refractivity contribution in [1.29, 1.82) is 10.8 Å². The molecule has 5 heteroatoms. The van der Waals surface area contributed by atoms with Gasteiger partial charge in [-0.1, -0.05) is 0 Å². The van der Waals surface area contributed by atoms with Crippen molar-refractivity contribution in [3.8, 4) is 6.19 Å². The van der Waals surface area contributed by atoms with Crippen LogP contribution < -0.4 is 5.43 Å². The van der Waals surface area contributed by atoms with Crippen molar-refractivity contribution in [1.82, 2.24) is 5.43 Å². The van der Waals surface area contributed by atoms with Gasteiger partial charge in [-0.3, -0.25) is 0 Å². The lowest BCUT2D eigenvalue weighted by molar-refractivity contribution is 0.980. The molecule has 0 saturated heterocycles. The number of hydrazone groups is 1. The number of rotatable bonds is 2. The first-order valence-electron chi connectivity index (χ1n) is 1.44. The summed E-state index contributed by atoms with van der Waals surface area (Å²) in [7, 11) is 0. The fourth-order valence-corrected chi connectivity index (χ4v) is 0.0866. The molecule has 0 aromatic heterocycles. The lowest BCUT2D eigenvalue weighted by Gasteiger charge is -1.71. The largest absolute Gasteiger partial charge is 0.212 e. The predicted octanol–water partition coefficient (Wildman–Crippen LogP) is 0.0313. The summed E-state index contributed by atoms with van der Waals surface area (Å²) in [6.45, 7) is 0. The van der Waals surface area contributed by atoms with Gasteiger partial charge in [0.2, 0.25) is 0 Å². The van der Waals surface area contributed by atoms with Crippen molar-refractivity contribution >= 4 is 6.34 Å². The molecule has 36 valence electrons. The van der Waals surface area contributed by atoms with Crippen LogP contribution in [0.25, 0.3) is 0 Å². The highest BCUT2D eigenvalue weighted by Gasteiger charge is 1.58. The molecule has 0 aliphatic carbocycles. The number of nitrogens with one attached hydrogen (secondary N) is 2. The molecule has 0 atom stereocenters. The maximum Gasteiger partial charge on any atom is 0.198 e. The summed E-state index contributed by atoms with van der Waals surface area (Å²) in [5, 5.41) is 13.6. The second-order valence-electron chi connectivity index (χ2n) is 0.597. The third-order valence-electron chi connectivity index (χ3n) is 0.230. The standard InChI is InChI=1S/C2H3N5/c3-1-6-7-2-5-4/h2,4,6H. The molecule has 0 radical (unpaired) electrons. The van der Waals surface area contributed by atoms with Crippen LogP contribution in [-0.2, 0) is 0 Å². The van der Waals surface area contributed by atoms with E-state index < -0.39 is 0 Å². The van der Waals surface area contributed by atoms with Crippen LogP contribution in [0.4, 0.5) is 0 Å². The Morgan fingerprint density at radius 2 is 2.57 bits per heavy atom. The van der Waals surface area contributed by atoms with Gasteiger partial charge in [0.1, 0.15) is 0 Å². The lowest BCUT2D eigenvalue weighted by atomic mass is 11.3. The first-order chi connectivity index (χ1) is 3.41. The van der Waals surface area contributed by atoms with Crippen molar-refractivity contribution in [3.05, 3.63) is 0 Å². The molecule has 0 spiro atoms. The molecule has 0 bridgehead atoms. The molecule has 0 aromatic carbocycles. The van der Waals surface area contributed by atoms with Crippen LogP contribution in [-0.4, -0.2) is 6.34 Å². The van der Waals surface area contributed by atoms with Crippen LogP contribution in [0.3, 0.4) is 0 Å². The first-order valence-corrected chi connectivity index (χ1v) is 1.44. The summed E-state index contributed by atoms with van der Waals surface area (Å²) in [4.78, 5) is 0. The normalized spacial score (nSPS) is 7.86. The zero-order valence-corrected chi connectivity index (χ0v) is 3.42. The van der Waals surface area contributed by atoms with E-state index in [0.29, 0.717) is 0 Å². The van der Waals surface area contributed by atoms with Gasteiger partial charge in [0, 0.05) is 0 Å². The molecule has 2 N–H and O–H groups in total. The van der Waals surface area contributed by atoms with Gasteiger partial charge in [-0.15, -0.1) is 5.11 Å². The molecule has 0 aromatic rings. The minimum Gasteiger partial charge on any atom is -0.212 e. The molecular formula is C2H3N5. The highest BCUT2D eigenvalue weighted by atomic mass is 15.3. The molecule has 0 aliphatic heterocycles. The summed E-state index contributed by atoms with van der Waals surface area (Å²) in [6.07, 6.45) is 2.43. The number of nitrogens with zero attached hydrogens (tertiary/aromatic N) is 3. The molecular weight excluding hydrogens is 94.1 g/mol. The Balaban J connectivity index is 3.13. The fourth-order valence-electron chi connectivity index (χ4n) is 0.0866. The molecule has 0 aliphatic rings. The number of nitriles is 1. The number of hydrogen-bond donors (Lipinski definition) is 2. The van der Waals surface area contributed by atoms with Crippen LogP contribution in [0.15, 0.2) is 10.2 Å². The predicted molar refractivity (Wildman–Crippen MR) is 22.4 cm³/mol. The minimum atomic E-state index is 0.920. The summed E-state index contributed by atoms with van der Waals surface area (Å²) in [5.74, 6) is 0. The quantitative estimate of drug-likeness (QED) is 0.127. The number of hydrogen-bond acceptors (Lipinski definition) is 4. The molecule has 0 heterocycles. The van der Waals surface area contributed by atoms with E-state index in [0.717, 1.165) is 6.34 Å². The smallest absolute Gasteiger partial charge is 0.198 e. The Hall–Kier alpha value is -1.44. The third kappa shape index (κ3) is 4.56. The van der Waals surface area contributed by atoms with Crippen molar-refractivity contribution in [2.45, 2.75) is 0 Å². The van der Waals surface area contributed by atoms with E-state index in [2.05, 4.69) is 10.2 Å². The molecule has 0 rings (SSSR count). The molecule has 0 saturated carbocycles. The van der Waals surface area contributed by atoms with Gasteiger partial charge in [-0.2, -0.15) is 10.4 Å². The highest BCUT2D eigenvalue weighted by molar-refractivity contribution is 5.53. The van der Waals surface area contributed by atoms with E-state index >= 15 is 0 Å². The van der Waals surface area contributed by atoms with Gasteiger partial charge in [0.15, 0.2) is 12.5 Å². The van der Waals surface area contributed by atoms with Gasteiger partial charge in [0.25, 0.3) is 0 Å². The van der Waals surface area contributed by atoms with Crippen molar-refractivity contribution < 1.29 is 0 Å². The second kappa shape index (κ2) is 4.56. The van der Waals surface area contributed by atoms with Crippen molar-refractivity contribution in [2.75, 3.05) is 0 Å². The summed E-state index contributed by atoms with van der Waals surface area (Å²) < 4.78 is 0. The first kappa shape index (κ1) is 5.56. The summed E-state index contributed by atoms with van der Waals surface area (Å²) in [6, 6.07) is 0. The van der Waals surface area contributed by atoms with Crippen LogP contribution in [0.1, 0.15) is 0 Å². The molecule has 0 unspecified atom stereocenters. The van der Waals surface area contributed by atoms with Crippen LogP contribution in [0.5, 0.6) is 0 Å². The summed E-state index contributed by atoms with van der Waals surface area (Å²) in [5.41, 5.74) is 8.02. The van der Waals surface area contributed by atoms with E-state index in [-0.39, 0.29) is 0 Å². The molecule has 0 fully saturated rings. The van der Waals surface area contributed by atoms with Gasteiger partial charge >= 0.3 is 0 Å². The van der Waals surface area contributed by atoms with Crippen molar-refractivity contribution in [2.24, 2.45) is 10.2 Å². The Morgan fingerprint density at radius 1 is 1.86 bits per heavy atom. The third-order valence-corrected chi connectivity index (χ3v) is 0.230. The van der Waals surface area contributed by atoms with E-state index in [1.54, 1.807) is 0 Å². The fraction of sp³-hybridized carbons (Fsp3) is 0. The minimum absolute atomic E-state index is 0.920.